The molecule has 200 valence electrons. The molecule has 13 nitrogen and oxygen atoms in total. The van der Waals surface area contributed by atoms with Gasteiger partial charge in [0.25, 0.3) is 10.1 Å². The summed E-state index contributed by atoms with van der Waals surface area (Å²) in [4.78, 5) is -0.158. The molecule has 0 aliphatic rings. The molecule has 0 bridgehead atoms. The number of fused-ring (bicyclic) bond motifs is 1. The lowest BCUT2D eigenvalue weighted by Gasteiger charge is -2.14. The van der Waals surface area contributed by atoms with Gasteiger partial charge in [-0.1, -0.05) is 12.1 Å². The SMILES string of the molecule is Cc1cc2ccc(NCS(=O)(=O)O)c(N=Nc3ccc(S(=O)(=O)CCOS(=O)(=O)O)cc3)c2c(O)c1C. The van der Waals surface area contributed by atoms with Crippen molar-refractivity contribution < 1.29 is 43.6 Å². The fourth-order valence-corrected chi connectivity index (χ4v) is 5.13. The van der Waals surface area contributed by atoms with E-state index in [2.05, 4.69) is 19.7 Å². The third-order valence-electron chi connectivity index (χ3n) is 5.26. The molecule has 3 aromatic carbocycles. The van der Waals surface area contributed by atoms with Crippen LogP contribution in [0.25, 0.3) is 10.8 Å². The maximum absolute atomic E-state index is 12.3. The molecule has 0 unspecified atom stereocenters. The van der Waals surface area contributed by atoms with E-state index in [1.54, 1.807) is 19.1 Å². The van der Waals surface area contributed by atoms with Crippen LogP contribution in [0.2, 0.25) is 0 Å². The normalized spacial score (nSPS) is 12.9. The zero-order valence-electron chi connectivity index (χ0n) is 19.5. The molecule has 3 aromatic rings. The van der Waals surface area contributed by atoms with Crippen LogP contribution in [0.3, 0.4) is 0 Å². The van der Waals surface area contributed by atoms with Gasteiger partial charge in [0.2, 0.25) is 0 Å². The Labute approximate surface area is 213 Å². The molecule has 0 radical (unpaired) electrons. The molecule has 0 spiro atoms. The van der Waals surface area contributed by atoms with Gasteiger partial charge >= 0.3 is 10.4 Å². The van der Waals surface area contributed by atoms with Crippen LogP contribution >= 0.6 is 0 Å². The van der Waals surface area contributed by atoms with Gasteiger partial charge in [0.15, 0.2) is 9.84 Å². The van der Waals surface area contributed by atoms with Gasteiger partial charge in [-0.25, -0.2) is 12.6 Å². The average Bonchev–Trinajstić information content (AvgIpc) is 2.78. The van der Waals surface area contributed by atoms with Crippen LogP contribution in [0.15, 0.2) is 57.6 Å². The number of phenolic OH excluding ortho intramolecular Hbond substituents is 1. The van der Waals surface area contributed by atoms with E-state index >= 15 is 0 Å². The van der Waals surface area contributed by atoms with Crippen LogP contribution < -0.4 is 5.32 Å². The van der Waals surface area contributed by atoms with E-state index < -0.39 is 48.6 Å². The van der Waals surface area contributed by atoms with E-state index in [9.17, 15) is 30.4 Å². The maximum Gasteiger partial charge on any atom is 0.397 e. The molecule has 0 saturated carbocycles. The Morgan fingerprint density at radius 2 is 1.57 bits per heavy atom. The summed E-state index contributed by atoms with van der Waals surface area (Å²) in [6, 6.07) is 10.0. The first-order valence-corrected chi connectivity index (χ1v) is 15.0. The molecule has 0 heterocycles. The maximum atomic E-state index is 12.3. The Balaban J connectivity index is 1.97. The lowest BCUT2D eigenvalue weighted by Crippen LogP contribution is -2.15. The van der Waals surface area contributed by atoms with Crippen LogP contribution in [0, 0.1) is 13.8 Å². The van der Waals surface area contributed by atoms with Crippen molar-refractivity contribution >= 4 is 58.2 Å². The van der Waals surface area contributed by atoms with Gasteiger partial charge in [-0.3, -0.25) is 9.11 Å². The highest BCUT2D eigenvalue weighted by molar-refractivity contribution is 7.91. The van der Waals surface area contributed by atoms with Crippen molar-refractivity contribution in [3.05, 3.63) is 53.6 Å². The first-order valence-electron chi connectivity index (χ1n) is 10.4. The van der Waals surface area contributed by atoms with Crippen molar-refractivity contribution in [2.45, 2.75) is 18.7 Å². The number of aromatic hydroxyl groups is 1. The van der Waals surface area contributed by atoms with Crippen LogP contribution in [-0.2, 0) is 34.5 Å². The predicted molar refractivity (Wildman–Crippen MR) is 135 cm³/mol. The van der Waals surface area contributed by atoms with Gasteiger partial charge in [-0.15, -0.1) is 5.11 Å². The number of anilines is 1. The van der Waals surface area contributed by atoms with Gasteiger partial charge in [-0.05, 0) is 60.7 Å². The van der Waals surface area contributed by atoms with E-state index in [1.165, 1.54) is 30.3 Å². The Morgan fingerprint density at radius 3 is 2.16 bits per heavy atom. The number of benzene rings is 3. The van der Waals surface area contributed by atoms with Gasteiger partial charge in [0.1, 0.15) is 17.3 Å². The highest BCUT2D eigenvalue weighted by Crippen LogP contribution is 2.42. The quantitative estimate of drug-likeness (QED) is 0.204. The van der Waals surface area contributed by atoms with E-state index in [0.717, 1.165) is 5.56 Å². The van der Waals surface area contributed by atoms with E-state index in [0.29, 0.717) is 10.9 Å². The summed E-state index contributed by atoms with van der Waals surface area (Å²) in [6.07, 6.45) is 0. The van der Waals surface area contributed by atoms with Crippen LogP contribution in [0.5, 0.6) is 5.75 Å². The van der Waals surface area contributed by atoms with Crippen LogP contribution in [-0.4, -0.2) is 57.7 Å². The molecule has 4 N–H and O–H groups in total. The largest absolute Gasteiger partial charge is 0.507 e. The van der Waals surface area contributed by atoms with Crippen molar-refractivity contribution in [1.82, 2.24) is 0 Å². The average molecular weight is 574 g/mol. The zero-order valence-corrected chi connectivity index (χ0v) is 21.9. The number of hydrogen-bond donors (Lipinski definition) is 4. The second-order valence-electron chi connectivity index (χ2n) is 7.89. The number of nitrogens with zero attached hydrogens (tertiary/aromatic N) is 2. The predicted octanol–water partition coefficient (Wildman–Crippen LogP) is 3.43. The molecule has 0 saturated heterocycles. The number of phenols is 1. The Morgan fingerprint density at radius 1 is 0.919 bits per heavy atom. The molecule has 0 atom stereocenters. The van der Waals surface area contributed by atoms with Crippen LogP contribution in [0.4, 0.5) is 17.1 Å². The number of rotatable bonds is 10. The van der Waals surface area contributed by atoms with Gasteiger partial charge in [-0.2, -0.15) is 21.9 Å². The zero-order chi connectivity index (χ0) is 27.6. The molecule has 0 aliphatic heterocycles. The van der Waals surface area contributed by atoms with E-state index in [1.807, 2.05) is 6.92 Å². The van der Waals surface area contributed by atoms with Crippen LogP contribution in [0.1, 0.15) is 11.1 Å². The highest BCUT2D eigenvalue weighted by atomic mass is 32.3. The van der Waals surface area contributed by atoms with Gasteiger partial charge < -0.3 is 10.4 Å². The molecule has 0 fully saturated rings. The number of azo groups is 1. The molecule has 0 aromatic heterocycles. The standard InChI is InChI=1S/C21H23N3O10S3/c1-13-11-15-3-8-18(22-12-36(28,29)30)20(19(15)21(25)14(13)2)24-23-16-4-6-17(7-5-16)35(26,27)10-9-34-37(31,32)33/h3-8,11,22,25H,9-10,12H2,1-2H3,(H,28,29,30)(H,31,32,33). The van der Waals surface area contributed by atoms with Crippen molar-refractivity contribution in [2.75, 3.05) is 23.6 Å². The van der Waals surface area contributed by atoms with E-state index in [4.69, 9.17) is 9.11 Å². The van der Waals surface area contributed by atoms with Gasteiger partial charge in [0, 0.05) is 0 Å². The smallest absolute Gasteiger partial charge is 0.397 e. The Bertz CT molecular complexity index is 1680. The third kappa shape index (κ3) is 7.43. The second kappa shape index (κ2) is 10.7. The van der Waals surface area contributed by atoms with E-state index in [-0.39, 0.29) is 33.1 Å². The second-order valence-corrected chi connectivity index (χ2v) is 12.5. The highest BCUT2D eigenvalue weighted by Gasteiger charge is 2.18. The van der Waals surface area contributed by atoms with Gasteiger partial charge in [0.05, 0.1) is 34.0 Å². The number of sulfone groups is 1. The van der Waals surface area contributed by atoms with Crippen molar-refractivity contribution in [1.29, 1.82) is 0 Å². The molecule has 16 heteroatoms. The summed E-state index contributed by atoms with van der Waals surface area (Å²) in [6.45, 7) is 2.74. The first-order chi connectivity index (χ1) is 17.1. The summed E-state index contributed by atoms with van der Waals surface area (Å²) in [5, 5.41) is 22.5. The Kier molecular flexibility index (Phi) is 8.21. The molecule has 0 aliphatic carbocycles. The minimum Gasteiger partial charge on any atom is -0.507 e. The number of nitrogens with one attached hydrogen (secondary N) is 1. The topological polar surface area (TPSA) is 209 Å². The summed E-state index contributed by atoms with van der Waals surface area (Å²) in [5.41, 5.74) is 1.83. The Hall–Kier alpha value is -3.15. The summed E-state index contributed by atoms with van der Waals surface area (Å²) >= 11 is 0. The minimum atomic E-state index is -4.77. The number of aryl methyl sites for hydroxylation is 1. The third-order valence-corrected chi connectivity index (χ3v) is 7.92. The minimum absolute atomic E-state index is 0.0841. The monoisotopic (exact) mass is 573 g/mol. The molecular formula is C21H23N3O10S3. The fourth-order valence-electron chi connectivity index (χ4n) is 3.30. The van der Waals surface area contributed by atoms with Crippen molar-refractivity contribution in [3.63, 3.8) is 0 Å². The lowest BCUT2D eigenvalue weighted by molar-refractivity contribution is 0.284. The number of hydrogen-bond acceptors (Lipinski definition) is 11. The summed E-state index contributed by atoms with van der Waals surface area (Å²) in [7, 11) is -13.1. The first kappa shape index (κ1) is 28.4. The summed E-state index contributed by atoms with van der Waals surface area (Å²) in [5.74, 6) is -1.61. The van der Waals surface area contributed by atoms with Crippen molar-refractivity contribution in [2.24, 2.45) is 10.2 Å². The summed E-state index contributed by atoms with van der Waals surface area (Å²) < 4.78 is 90.1. The molecule has 3 rings (SSSR count). The molecule has 0 amide bonds. The lowest BCUT2D eigenvalue weighted by atomic mass is 9.99. The fraction of sp³-hybridized carbons (Fsp3) is 0.238. The molecular weight excluding hydrogens is 550 g/mol. The molecule has 37 heavy (non-hydrogen) atoms. The van der Waals surface area contributed by atoms with Crippen molar-refractivity contribution in [3.8, 4) is 5.75 Å².